The van der Waals surface area contributed by atoms with E-state index in [9.17, 15) is 4.39 Å². The lowest BCUT2D eigenvalue weighted by Gasteiger charge is -2.05. The zero-order valence-corrected chi connectivity index (χ0v) is 9.05. The molecule has 0 aromatic heterocycles. The summed E-state index contributed by atoms with van der Waals surface area (Å²) in [7, 11) is 0. The molecule has 0 aliphatic heterocycles. The molecule has 0 amide bonds. The van der Waals surface area contributed by atoms with Gasteiger partial charge in [0.05, 0.1) is 13.3 Å². The quantitative estimate of drug-likeness (QED) is 0.592. The second-order valence-corrected chi connectivity index (χ2v) is 3.54. The molecular weight excluding hydrogens is 191 g/mol. The molecule has 0 bridgehead atoms. The van der Waals surface area contributed by atoms with Gasteiger partial charge >= 0.3 is 0 Å². The molecule has 15 heavy (non-hydrogen) atoms. The Bertz CT molecular complexity index is 236. The number of halogens is 1. The van der Waals surface area contributed by atoms with Crippen molar-refractivity contribution in [1.29, 1.82) is 0 Å². The summed E-state index contributed by atoms with van der Waals surface area (Å²) in [5.41, 5.74) is 0. The number of benzene rings is 1. The van der Waals surface area contributed by atoms with Crippen molar-refractivity contribution in [2.45, 2.75) is 32.1 Å². The van der Waals surface area contributed by atoms with Gasteiger partial charge in [-0.3, -0.25) is 4.39 Å². The van der Waals surface area contributed by atoms with Gasteiger partial charge < -0.3 is 4.74 Å². The van der Waals surface area contributed by atoms with E-state index in [0.717, 1.165) is 38.0 Å². The van der Waals surface area contributed by atoms with Crippen LogP contribution >= 0.6 is 0 Å². The fourth-order valence-corrected chi connectivity index (χ4v) is 1.38. The maximum absolute atomic E-state index is 11.8. The number of hydrogen-bond acceptors (Lipinski definition) is 1. The van der Waals surface area contributed by atoms with Crippen LogP contribution in [0.15, 0.2) is 24.3 Å². The normalized spacial score (nSPS) is 10.2. The van der Waals surface area contributed by atoms with Crippen LogP contribution in [-0.4, -0.2) is 13.3 Å². The van der Waals surface area contributed by atoms with Crippen molar-refractivity contribution in [3.8, 4) is 5.75 Å². The number of alkyl halides is 1. The van der Waals surface area contributed by atoms with E-state index in [4.69, 9.17) is 4.74 Å². The Morgan fingerprint density at radius 2 is 1.93 bits per heavy atom. The van der Waals surface area contributed by atoms with Gasteiger partial charge in [-0.1, -0.05) is 31.4 Å². The molecule has 1 aromatic carbocycles. The van der Waals surface area contributed by atoms with Crippen LogP contribution in [0.3, 0.4) is 0 Å². The molecular formula is C13H18FO. The lowest BCUT2D eigenvalue weighted by molar-refractivity contribution is 0.303. The highest BCUT2D eigenvalue weighted by Crippen LogP contribution is 2.09. The summed E-state index contributed by atoms with van der Waals surface area (Å²) < 4.78 is 17.3. The topological polar surface area (TPSA) is 9.23 Å². The van der Waals surface area contributed by atoms with Crippen molar-refractivity contribution >= 4 is 0 Å². The molecule has 1 nitrogen and oxygen atoms in total. The molecule has 83 valence electrons. The average Bonchev–Trinajstić information content (AvgIpc) is 2.29. The Morgan fingerprint density at radius 1 is 1.13 bits per heavy atom. The average molecular weight is 209 g/mol. The third kappa shape index (κ3) is 6.10. The first-order chi connectivity index (χ1) is 7.43. The van der Waals surface area contributed by atoms with Crippen molar-refractivity contribution in [3.63, 3.8) is 0 Å². The SMILES string of the molecule is FCCCCCCCOc1c[c]ccc1. The van der Waals surface area contributed by atoms with Crippen molar-refractivity contribution in [2.75, 3.05) is 13.3 Å². The van der Waals surface area contributed by atoms with Crippen LogP contribution in [0.4, 0.5) is 4.39 Å². The van der Waals surface area contributed by atoms with Gasteiger partial charge in [0.1, 0.15) is 5.75 Å². The number of rotatable bonds is 8. The van der Waals surface area contributed by atoms with Crippen molar-refractivity contribution in [2.24, 2.45) is 0 Å². The monoisotopic (exact) mass is 209 g/mol. The summed E-state index contributed by atoms with van der Waals surface area (Å²) >= 11 is 0. The lowest BCUT2D eigenvalue weighted by atomic mass is 10.2. The van der Waals surface area contributed by atoms with Crippen LogP contribution in [0.2, 0.25) is 0 Å². The van der Waals surface area contributed by atoms with Gasteiger partial charge in [-0.05, 0) is 31.0 Å². The molecule has 1 radical (unpaired) electrons. The fraction of sp³-hybridized carbons (Fsp3) is 0.538. The summed E-state index contributed by atoms with van der Waals surface area (Å²) in [4.78, 5) is 0. The van der Waals surface area contributed by atoms with Gasteiger partial charge in [-0.15, -0.1) is 0 Å². The second kappa shape index (κ2) is 8.27. The van der Waals surface area contributed by atoms with E-state index >= 15 is 0 Å². The van der Waals surface area contributed by atoms with Crippen molar-refractivity contribution in [1.82, 2.24) is 0 Å². The Hall–Kier alpha value is -1.05. The van der Waals surface area contributed by atoms with Gasteiger partial charge in [0.2, 0.25) is 0 Å². The molecule has 0 N–H and O–H groups in total. The minimum atomic E-state index is -0.184. The van der Waals surface area contributed by atoms with Crippen LogP contribution in [0, 0.1) is 6.07 Å². The van der Waals surface area contributed by atoms with E-state index in [2.05, 4.69) is 6.07 Å². The molecule has 0 fully saturated rings. The molecule has 0 heterocycles. The van der Waals surface area contributed by atoms with Gasteiger partial charge in [-0.2, -0.15) is 0 Å². The van der Waals surface area contributed by atoms with Crippen molar-refractivity contribution in [3.05, 3.63) is 30.3 Å². The van der Waals surface area contributed by atoms with E-state index in [1.54, 1.807) is 0 Å². The summed E-state index contributed by atoms with van der Waals surface area (Å²) in [6, 6.07) is 10.5. The maximum atomic E-state index is 11.8. The van der Waals surface area contributed by atoms with E-state index in [1.165, 1.54) is 0 Å². The molecule has 0 saturated heterocycles. The Labute approximate surface area is 91.3 Å². The van der Waals surface area contributed by atoms with Gasteiger partial charge in [0, 0.05) is 0 Å². The third-order valence-corrected chi connectivity index (χ3v) is 2.23. The highest BCUT2D eigenvalue weighted by atomic mass is 19.1. The van der Waals surface area contributed by atoms with Crippen LogP contribution in [0.1, 0.15) is 32.1 Å². The van der Waals surface area contributed by atoms with Crippen LogP contribution in [0.5, 0.6) is 5.75 Å². The molecule has 0 unspecified atom stereocenters. The summed E-state index contributed by atoms with van der Waals surface area (Å²) in [6.45, 7) is 0.559. The van der Waals surface area contributed by atoms with E-state index < -0.39 is 0 Å². The Balaban J connectivity index is 1.93. The van der Waals surface area contributed by atoms with E-state index in [1.807, 2.05) is 24.3 Å². The smallest absolute Gasteiger partial charge is 0.119 e. The van der Waals surface area contributed by atoms with E-state index in [-0.39, 0.29) is 6.67 Å². The largest absolute Gasteiger partial charge is 0.494 e. The molecule has 2 heteroatoms. The van der Waals surface area contributed by atoms with E-state index in [0.29, 0.717) is 6.42 Å². The van der Waals surface area contributed by atoms with Crippen LogP contribution in [0.25, 0.3) is 0 Å². The first-order valence-corrected chi connectivity index (χ1v) is 5.58. The molecule has 0 spiro atoms. The molecule has 0 aliphatic rings. The molecule has 0 aliphatic carbocycles. The standard InChI is InChI=1S/C13H18FO/c14-11-7-2-1-3-8-12-15-13-9-5-4-6-10-13/h4-5,9-10H,1-3,7-8,11-12H2. The van der Waals surface area contributed by atoms with Crippen molar-refractivity contribution < 1.29 is 9.13 Å². The Kier molecular flexibility index (Phi) is 6.63. The first kappa shape index (κ1) is 12.0. The number of unbranched alkanes of at least 4 members (excludes halogenated alkanes) is 4. The lowest BCUT2D eigenvalue weighted by Crippen LogP contribution is -1.96. The molecule has 0 atom stereocenters. The minimum Gasteiger partial charge on any atom is -0.494 e. The highest BCUT2D eigenvalue weighted by Gasteiger charge is 1.93. The molecule has 0 saturated carbocycles. The third-order valence-electron chi connectivity index (χ3n) is 2.23. The van der Waals surface area contributed by atoms with Gasteiger partial charge in [0.25, 0.3) is 0 Å². The predicted octanol–water partition coefficient (Wildman–Crippen LogP) is 3.79. The zero-order valence-electron chi connectivity index (χ0n) is 9.05. The van der Waals surface area contributed by atoms with Crippen LogP contribution < -0.4 is 4.74 Å². The highest BCUT2D eigenvalue weighted by molar-refractivity contribution is 5.19. The summed E-state index contributed by atoms with van der Waals surface area (Å²) in [5, 5.41) is 0. The molecule has 1 rings (SSSR count). The first-order valence-electron chi connectivity index (χ1n) is 5.58. The number of ether oxygens (including phenoxy) is 1. The van der Waals surface area contributed by atoms with Gasteiger partial charge in [0.15, 0.2) is 0 Å². The predicted molar refractivity (Wildman–Crippen MR) is 59.8 cm³/mol. The fourth-order valence-electron chi connectivity index (χ4n) is 1.38. The van der Waals surface area contributed by atoms with Crippen LogP contribution in [-0.2, 0) is 0 Å². The molecule has 1 aromatic rings. The summed E-state index contributed by atoms with van der Waals surface area (Å²) in [6.07, 6.45) is 4.97. The Morgan fingerprint density at radius 3 is 2.67 bits per heavy atom. The minimum absolute atomic E-state index is 0.184. The second-order valence-electron chi connectivity index (χ2n) is 3.54. The zero-order chi connectivity index (χ0) is 10.8. The maximum Gasteiger partial charge on any atom is 0.119 e. The summed E-state index contributed by atoms with van der Waals surface area (Å²) in [5.74, 6) is 0.876. The van der Waals surface area contributed by atoms with Gasteiger partial charge in [-0.25, -0.2) is 0 Å². The number of hydrogen-bond donors (Lipinski definition) is 0.